The lowest BCUT2D eigenvalue weighted by atomic mass is 9.88. The number of aryl methyl sites for hydroxylation is 2. The van der Waals surface area contributed by atoms with Crippen LogP contribution >= 0.6 is 0 Å². The number of aromatic carboxylic acids is 1. The minimum Gasteiger partial charge on any atom is -0.478 e. The summed E-state index contributed by atoms with van der Waals surface area (Å²) in [6, 6.07) is 16.7. The van der Waals surface area contributed by atoms with Gasteiger partial charge in [-0.15, -0.1) is 0 Å². The van der Waals surface area contributed by atoms with Crippen molar-refractivity contribution in [2.45, 2.75) is 58.5 Å². The number of rotatable bonds is 13. The number of carbonyl (C=O) groups is 1. The molecule has 4 aromatic rings. The molecule has 0 saturated carbocycles. The standard InChI is InChI=1S/C36H44N6O6S/c1-24-8-6-9-25(2)33(24)31-19-32(40-35(39-31)41-49(45,46)30-11-7-10-26(18-30)34(43)44)48-23-28(20-36(3,4)5)37-21-27-12-13-29(22-38-27)42-14-16-47-17-15-42/h6-13,18-19,22,28,37H,14-17,20-21,23H2,1-5H3,(H,43,44)(H,39,40,41)/t28-/m1/s1. The van der Waals surface area contributed by atoms with Crippen molar-refractivity contribution in [1.29, 1.82) is 0 Å². The molecule has 1 saturated heterocycles. The number of nitrogens with one attached hydrogen (secondary N) is 2. The van der Waals surface area contributed by atoms with E-state index in [-0.39, 0.29) is 40.4 Å². The Hall–Kier alpha value is -4.59. The first kappa shape index (κ1) is 35.7. The molecule has 1 atom stereocenters. The molecule has 0 radical (unpaired) electrons. The van der Waals surface area contributed by atoms with Crippen LogP contribution in [0.2, 0.25) is 0 Å². The Balaban J connectivity index is 1.38. The molecule has 49 heavy (non-hydrogen) atoms. The fourth-order valence-corrected chi connectivity index (χ4v) is 6.75. The van der Waals surface area contributed by atoms with Crippen LogP contribution in [-0.4, -0.2) is 73.4 Å². The molecule has 5 rings (SSSR count). The van der Waals surface area contributed by atoms with Gasteiger partial charge < -0.3 is 24.8 Å². The van der Waals surface area contributed by atoms with Gasteiger partial charge in [0, 0.05) is 37.3 Å². The number of benzene rings is 2. The zero-order valence-electron chi connectivity index (χ0n) is 28.6. The summed E-state index contributed by atoms with van der Waals surface area (Å²) >= 11 is 0. The molecule has 0 spiro atoms. The first-order valence-electron chi connectivity index (χ1n) is 16.2. The molecule has 2 aromatic carbocycles. The maximum atomic E-state index is 13.4. The molecular formula is C36H44N6O6S. The number of hydrogen-bond donors (Lipinski definition) is 3. The minimum atomic E-state index is -4.23. The van der Waals surface area contributed by atoms with Gasteiger partial charge in [0.1, 0.15) is 6.61 Å². The number of pyridine rings is 1. The molecule has 1 aliphatic heterocycles. The summed E-state index contributed by atoms with van der Waals surface area (Å²) in [5.74, 6) is -1.24. The van der Waals surface area contributed by atoms with Gasteiger partial charge in [0.15, 0.2) is 0 Å². The maximum Gasteiger partial charge on any atom is 0.335 e. The number of nitrogens with zero attached hydrogens (tertiary/aromatic N) is 4. The van der Waals surface area contributed by atoms with Crippen molar-refractivity contribution in [1.82, 2.24) is 20.3 Å². The first-order valence-corrected chi connectivity index (χ1v) is 17.7. The van der Waals surface area contributed by atoms with Gasteiger partial charge in [0.2, 0.25) is 11.8 Å². The Labute approximate surface area is 288 Å². The molecule has 0 bridgehead atoms. The minimum absolute atomic E-state index is 0.0188. The second kappa shape index (κ2) is 15.3. The normalized spacial score (nSPS) is 14.3. The summed E-state index contributed by atoms with van der Waals surface area (Å²) in [6.07, 6.45) is 2.68. The van der Waals surface area contributed by atoms with Gasteiger partial charge in [-0.1, -0.05) is 45.0 Å². The van der Waals surface area contributed by atoms with E-state index >= 15 is 0 Å². The Bertz CT molecular complexity index is 1850. The fraction of sp³-hybridized carbons (Fsp3) is 0.389. The quantitative estimate of drug-likeness (QED) is 0.164. The van der Waals surface area contributed by atoms with E-state index in [0.29, 0.717) is 25.5 Å². The Morgan fingerprint density at radius 2 is 1.73 bits per heavy atom. The molecule has 3 N–H and O–H groups in total. The predicted octanol–water partition coefficient (Wildman–Crippen LogP) is 5.46. The number of aromatic nitrogens is 3. The van der Waals surface area contributed by atoms with Crippen LogP contribution < -0.4 is 19.7 Å². The third-order valence-corrected chi connectivity index (χ3v) is 9.43. The average molecular weight is 689 g/mol. The molecule has 12 nitrogen and oxygen atoms in total. The number of sulfonamides is 1. The van der Waals surface area contributed by atoms with Crippen LogP contribution in [0, 0.1) is 19.3 Å². The summed E-state index contributed by atoms with van der Waals surface area (Å²) in [7, 11) is -4.23. The van der Waals surface area contributed by atoms with E-state index in [0.717, 1.165) is 53.6 Å². The maximum absolute atomic E-state index is 13.4. The molecule has 3 heterocycles. The van der Waals surface area contributed by atoms with Crippen molar-refractivity contribution < 1.29 is 27.8 Å². The number of anilines is 2. The van der Waals surface area contributed by atoms with Crippen molar-refractivity contribution in [3.8, 4) is 17.1 Å². The fourth-order valence-electron chi connectivity index (χ4n) is 5.76. The SMILES string of the molecule is Cc1cccc(C)c1-c1cc(OC[C@@H](CC(C)(C)C)NCc2ccc(N3CCOCC3)cn2)nc(NS(=O)(=O)c2cccc(C(=O)O)c2)n1. The van der Waals surface area contributed by atoms with Crippen LogP contribution in [0.3, 0.4) is 0 Å². The van der Waals surface area contributed by atoms with Gasteiger partial charge in [-0.05, 0) is 67.1 Å². The van der Waals surface area contributed by atoms with Crippen molar-refractivity contribution >= 4 is 27.6 Å². The lowest BCUT2D eigenvalue weighted by Crippen LogP contribution is -2.38. The molecule has 13 heteroatoms. The van der Waals surface area contributed by atoms with Gasteiger partial charge in [-0.3, -0.25) is 4.98 Å². The summed E-state index contributed by atoms with van der Waals surface area (Å²) in [5.41, 5.74) is 5.03. The van der Waals surface area contributed by atoms with E-state index in [1.807, 2.05) is 44.3 Å². The third kappa shape index (κ3) is 9.74. The molecule has 0 aliphatic carbocycles. The highest BCUT2D eigenvalue weighted by Crippen LogP contribution is 2.30. The number of ether oxygens (including phenoxy) is 2. The van der Waals surface area contributed by atoms with Crippen molar-refractivity contribution in [3.05, 3.63) is 89.2 Å². The Morgan fingerprint density at radius 1 is 1.02 bits per heavy atom. The lowest BCUT2D eigenvalue weighted by Gasteiger charge is -2.29. The van der Waals surface area contributed by atoms with Gasteiger partial charge in [0.05, 0.1) is 46.9 Å². The van der Waals surface area contributed by atoms with E-state index in [1.165, 1.54) is 18.2 Å². The van der Waals surface area contributed by atoms with Crippen LogP contribution in [0.1, 0.15) is 54.4 Å². The second-order valence-corrected chi connectivity index (χ2v) is 15.1. The highest BCUT2D eigenvalue weighted by molar-refractivity contribution is 7.92. The number of hydrogen-bond acceptors (Lipinski definition) is 10. The van der Waals surface area contributed by atoms with Crippen molar-refractivity contribution in [2.24, 2.45) is 5.41 Å². The molecule has 1 aliphatic rings. The smallest absolute Gasteiger partial charge is 0.335 e. The van der Waals surface area contributed by atoms with Gasteiger partial charge in [0.25, 0.3) is 10.0 Å². The molecule has 1 fully saturated rings. The van der Waals surface area contributed by atoms with Crippen LogP contribution in [0.25, 0.3) is 11.3 Å². The topological polar surface area (TPSA) is 156 Å². The van der Waals surface area contributed by atoms with Crippen LogP contribution in [-0.2, 0) is 21.3 Å². The molecule has 0 unspecified atom stereocenters. The van der Waals surface area contributed by atoms with E-state index in [4.69, 9.17) is 9.47 Å². The highest BCUT2D eigenvalue weighted by Gasteiger charge is 2.23. The van der Waals surface area contributed by atoms with Gasteiger partial charge in [-0.2, -0.15) is 4.98 Å². The Kier molecular flexibility index (Phi) is 11.2. The molecular weight excluding hydrogens is 644 g/mol. The van der Waals surface area contributed by atoms with E-state index in [2.05, 4.69) is 56.7 Å². The van der Waals surface area contributed by atoms with Crippen LogP contribution in [0.4, 0.5) is 11.6 Å². The van der Waals surface area contributed by atoms with Gasteiger partial charge in [-0.25, -0.2) is 22.9 Å². The third-order valence-electron chi connectivity index (χ3n) is 8.11. The first-order chi connectivity index (χ1) is 23.3. The van der Waals surface area contributed by atoms with E-state index in [1.54, 1.807) is 6.07 Å². The van der Waals surface area contributed by atoms with Gasteiger partial charge >= 0.3 is 5.97 Å². The lowest BCUT2D eigenvalue weighted by molar-refractivity contribution is 0.0696. The zero-order chi connectivity index (χ0) is 35.2. The average Bonchev–Trinajstić information content (AvgIpc) is 3.06. The predicted molar refractivity (Wildman–Crippen MR) is 189 cm³/mol. The monoisotopic (exact) mass is 688 g/mol. The summed E-state index contributed by atoms with van der Waals surface area (Å²) in [6.45, 7) is 14.3. The zero-order valence-corrected chi connectivity index (χ0v) is 29.4. The van der Waals surface area contributed by atoms with Crippen LogP contribution in [0.15, 0.2) is 71.8 Å². The van der Waals surface area contributed by atoms with Crippen molar-refractivity contribution in [2.75, 3.05) is 42.5 Å². The van der Waals surface area contributed by atoms with Crippen molar-refractivity contribution in [3.63, 3.8) is 0 Å². The van der Waals surface area contributed by atoms with E-state index < -0.39 is 16.0 Å². The Morgan fingerprint density at radius 3 is 2.39 bits per heavy atom. The largest absolute Gasteiger partial charge is 0.478 e. The number of carboxylic acids is 1. The highest BCUT2D eigenvalue weighted by atomic mass is 32.2. The second-order valence-electron chi connectivity index (χ2n) is 13.4. The summed E-state index contributed by atoms with van der Waals surface area (Å²) < 4.78 is 40.9. The molecule has 0 amide bonds. The molecule has 260 valence electrons. The molecule has 2 aromatic heterocycles. The van der Waals surface area contributed by atoms with E-state index in [9.17, 15) is 18.3 Å². The number of morpholine rings is 1. The number of carboxylic acid groups (broad SMARTS) is 1. The summed E-state index contributed by atoms with van der Waals surface area (Å²) in [5, 5.41) is 13.0. The van der Waals surface area contributed by atoms with Crippen LogP contribution in [0.5, 0.6) is 5.88 Å². The summed E-state index contributed by atoms with van der Waals surface area (Å²) in [4.78, 5) is 27.2.